The SMILES string of the molecule is COc1ccc(Cl)cc1C(=O)Nc1ccc(N)cc1C. The Balaban J connectivity index is 2.30. The third-order valence-electron chi connectivity index (χ3n) is 2.90. The van der Waals surface area contributed by atoms with Crippen LogP contribution in [0.4, 0.5) is 11.4 Å². The van der Waals surface area contributed by atoms with Crippen molar-refractivity contribution in [1.82, 2.24) is 0 Å². The van der Waals surface area contributed by atoms with Gasteiger partial charge in [0.2, 0.25) is 0 Å². The van der Waals surface area contributed by atoms with Crippen molar-refractivity contribution in [3.8, 4) is 5.75 Å². The van der Waals surface area contributed by atoms with Crippen LogP contribution in [-0.4, -0.2) is 13.0 Å². The van der Waals surface area contributed by atoms with Gasteiger partial charge in [-0.15, -0.1) is 0 Å². The number of nitrogen functional groups attached to an aromatic ring is 1. The topological polar surface area (TPSA) is 64.3 Å². The molecule has 0 aliphatic carbocycles. The Labute approximate surface area is 122 Å². The van der Waals surface area contributed by atoms with E-state index in [2.05, 4.69) is 5.32 Å². The molecule has 0 heterocycles. The van der Waals surface area contributed by atoms with Crippen molar-refractivity contribution < 1.29 is 9.53 Å². The molecule has 4 nitrogen and oxygen atoms in total. The number of benzene rings is 2. The number of anilines is 2. The monoisotopic (exact) mass is 290 g/mol. The largest absolute Gasteiger partial charge is 0.496 e. The Morgan fingerprint density at radius 3 is 2.65 bits per heavy atom. The molecule has 3 N–H and O–H groups in total. The molecule has 0 fully saturated rings. The molecule has 0 aromatic heterocycles. The Kier molecular flexibility index (Phi) is 4.15. The van der Waals surface area contributed by atoms with Crippen molar-refractivity contribution in [2.75, 3.05) is 18.2 Å². The summed E-state index contributed by atoms with van der Waals surface area (Å²) in [6.07, 6.45) is 0. The molecular weight excluding hydrogens is 276 g/mol. The predicted molar refractivity (Wildman–Crippen MR) is 81.5 cm³/mol. The Hall–Kier alpha value is -2.20. The van der Waals surface area contributed by atoms with Gasteiger partial charge in [-0.2, -0.15) is 0 Å². The summed E-state index contributed by atoms with van der Waals surface area (Å²) in [5.74, 6) is 0.192. The van der Waals surface area contributed by atoms with E-state index in [1.54, 1.807) is 36.4 Å². The molecule has 2 aromatic rings. The molecule has 5 heteroatoms. The summed E-state index contributed by atoms with van der Waals surface area (Å²) in [6.45, 7) is 1.88. The van der Waals surface area contributed by atoms with Crippen LogP contribution in [0.25, 0.3) is 0 Å². The summed E-state index contributed by atoms with van der Waals surface area (Å²) in [7, 11) is 1.51. The summed E-state index contributed by atoms with van der Waals surface area (Å²) < 4.78 is 5.17. The zero-order chi connectivity index (χ0) is 14.7. The molecule has 0 aliphatic rings. The molecule has 0 atom stereocenters. The van der Waals surface area contributed by atoms with Crippen LogP contribution in [-0.2, 0) is 0 Å². The van der Waals surface area contributed by atoms with Gasteiger partial charge in [0.1, 0.15) is 5.75 Å². The fraction of sp³-hybridized carbons (Fsp3) is 0.133. The Morgan fingerprint density at radius 2 is 2.00 bits per heavy atom. The predicted octanol–water partition coefficient (Wildman–Crippen LogP) is 3.49. The van der Waals surface area contributed by atoms with E-state index in [-0.39, 0.29) is 5.91 Å². The third kappa shape index (κ3) is 3.03. The number of amides is 1. The molecule has 2 rings (SSSR count). The highest BCUT2D eigenvalue weighted by Gasteiger charge is 2.14. The van der Waals surface area contributed by atoms with Crippen molar-refractivity contribution >= 4 is 28.9 Å². The van der Waals surface area contributed by atoms with E-state index in [0.717, 1.165) is 5.56 Å². The number of nitrogens with two attached hydrogens (primary N) is 1. The second-order valence-electron chi connectivity index (χ2n) is 4.37. The fourth-order valence-electron chi connectivity index (χ4n) is 1.87. The number of methoxy groups -OCH3 is 1. The standard InChI is InChI=1S/C15H15ClN2O2/c1-9-7-11(17)4-5-13(9)18-15(19)12-8-10(16)3-6-14(12)20-2/h3-8H,17H2,1-2H3,(H,18,19). The van der Waals surface area contributed by atoms with E-state index < -0.39 is 0 Å². The van der Waals surface area contributed by atoms with Crippen molar-refractivity contribution in [3.63, 3.8) is 0 Å². The minimum absolute atomic E-state index is 0.280. The Morgan fingerprint density at radius 1 is 1.25 bits per heavy atom. The average molecular weight is 291 g/mol. The van der Waals surface area contributed by atoms with E-state index in [0.29, 0.717) is 27.7 Å². The average Bonchev–Trinajstić information content (AvgIpc) is 2.41. The second-order valence-corrected chi connectivity index (χ2v) is 4.81. The number of aryl methyl sites for hydroxylation is 1. The van der Waals surface area contributed by atoms with Crippen molar-refractivity contribution in [2.45, 2.75) is 6.92 Å². The summed E-state index contributed by atoms with van der Waals surface area (Å²) in [4.78, 5) is 12.3. The van der Waals surface area contributed by atoms with Gasteiger partial charge in [0.25, 0.3) is 5.91 Å². The lowest BCUT2D eigenvalue weighted by atomic mass is 10.1. The highest BCUT2D eigenvalue weighted by molar-refractivity contribution is 6.31. The van der Waals surface area contributed by atoms with Gasteiger partial charge in [0.15, 0.2) is 0 Å². The lowest BCUT2D eigenvalue weighted by Crippen LogP contribution is -2.14. The maximum Gasteiger partial charge on any atom is 0.259 e. The van der Waals surface area contributed by atoms with E-state index in [9.17, 15) is 4.79 Å². The fourth-order valence-corrected chi connectivity index (χ4v) is 2.05. The molecular formula is C15H15ClN2O2. The zero-order valence-corrected chi connectivity index (χ0v) is 12.0. The van der Waals surface area contributed by atoms with Crippen LogP contribution in [0.5, 0.6) is 5.75 Å². The minimum Gasteiger partial charge on any atom is -0.496 e. The van der Waals surface area contributed by atoms with E-state index >= 15 is 0 Å². The second kappa shape index (κ2) is 5.84. The van der Waals surface area contributed by atoms with Gasteiger partial charge >= 0.3 is 0 Å². The van der Waals surface area contributed by atoms with Crippen molar-refractivity contribution in [3.05, 3.63) is 52.5 Å². The molecule has 0 unspecified atom stereocenters. The van der Waals surface area contributed by atoms with Crippen LogP contribution in [0, 0.1) is 6.92 Å². The molecule has 0 spiro atoms. The van der Waals surface area contributed by atoms with Gasteiger partial charge in [-0.1, -0.05) is 11.6 Å². The van der Waals surface area contributed by atoms with Gasteiger partial charge < -0.3 is 15.8 Å². The van der Waals surface area contributed by atoms with Gasteiger partial charge in [-0.3, -0.25) is 4.79 Å². The van der Waals surface area contributed by atoms with Crippen LogP contribution < -0.4 is 15.8 Å². The van der Waals surface area contributed by atoms with Gasteiger partial charge in [-0.25, -0.2) is 0 Å². The molecule has 0 bridgehead atoms. The van der Waals surface area contributed by atoms with E-state index in [1.807, 2.05) is 6.92 Å². The van der Waals surface area contributed by atoms with Crippen LogP contribution in [0.15, 0.2) is 36.4 Å². The van der Waals surface area contributed by atoms with Crippen LogP contribution in [0.3, 0.4) is 0 Å². The first-order valence-corrected chi connectivity index (χ1v) is 6.40. The minimum atomic E-state index is -0.280. The number of hydrogen-bond acceptors (Lipinski definition) is 3. The molecule has 20 heavy (non-hydrogen) atoms. The summed E-state index contributed by atoms with van der Waals surface area (Å²) in [5.41, 5.74) is 8.31. The number of ether oxygens (including phenoxy) is 1. The highest BCUT2D eigenvalue weighted by atomic mass is 35.5. The maximum atomic E-state index is 12.3. The van der Waals surface area contributed by atoms with E-state index in [4.69, 9.17) is 22.1 Å². The van der Waals surface area contributed by atoms with Gasteiger partial charge in [0.05, 0.1) is 12.7 Å². The van der Waals surface area contributed by atoms with Crippen molar-refractivity contribution in [2.24, 2.45) is 0 Å². The first-order chi connectivity index (χ1) is 9.51. The number of hydrogen-bond donors (Lipinski definition) is 2. The summed E-state index contributed by atoms with van der Waals surface area (Å²) in [5, 5.41) is 3.30. The quantitative estimate of drug-likeness (QED) is 0.851. The zero-order valence-electron chi connectivity index (χ0n) is 11.2. The first kappa shape index (κ1) is 14.2. The molecule has 0 saturated carbocycles. The molecule has 1 amide bonds. The Bertz CT molecular complexity index is 656. The summed E-state index contributed by atoms with van der Waals surface area (Å²) in [6, 6.07) is 10.2. The molecule has 0 aliphatic heterocycles. The van der Waals surface area contributed by atoms with Gasteiger partial charge in [-0.05, 0) is 48.9 Å². The molecule has 0 radical (unpaired) electrons. The lowest BCUT2D eigenvalue weighted by molar-refractivity contribution is 0.102. The van der Waals surface area contributed by atoms with E-state index in [1.165, 1.54) is 7.11 Å². The smallest absolute Gasteiger partial charge is 0.259 e. The maximum absolute atomic E-state index is 12.3. The molecule has 2 aromatic carbocycles. The number of carbonyl (C=O) groups excluding carboxylic acids is 1. The summed E-state index contributed by atoms with van der Waals surface area (Å²) >= 11 is 5.92. The molecule has 0 saturated heterocycles. The van der Waals surface area contributed by atoms with Crippen molar-refractivity contribution in [1.29, 1.82) is 0 Å². The molecule has 104 valence electrons. The third-order valence-corrected chi connectivity index (χ3v) is 3.14. The van der Waals surface area contributed by atoms with Crippen LogP contribution in [0.2, 0.25) is 5.02 Å². The lowest BCUT2D eigenvalue weighted by Gasteiger charge is -2.11. The number of rotatable bonds is 3. The first-order valence-electron chi connectivity index (χ1n) is 6.02. The normalized spacial score (nSPS) is 10.2. The number of halogens is 1. The van der Waals surface area contributed by atoms with Crippen LogP contribution >= 0.6 is 11.6 Å². The number of carbonyl (C=O) groups is 1. The highest BCUT2D eigenvalue weighted by Crippen LogP contribution is 2.25. The van der Waals surface area contributed by atoms with Gasteiger partial charge in [0, 0.05) is 16.4 Å². The number of nitrogens with one attached hydrogen (secondary N) is 1. The van der Waals surface area contributed by atoms with Crippen LogP contribution in [0.1, 0.15) is 15.9 Å².